The molecule has 1 aromatic heterocycles. The normalized spacial score (nSPS) is 23.5. The van der Waals surface area contributed by atoms with Gasteiger partial charge in [-0.25, -0.2) is 4.79 Å². The summed E-state index contributed by atoms with van der Waals surface area (Å²) in [4.78, 5) is 30.0. The molecule has 142 valence electrons. The summed E-state index contributed by atoms with van der Waals surface area (Å²) in [6.45, 7) is 4.15. The van der Waals surface area contributed by atoms with Crippen molar-refractivity contribution in [1.29, 1.82) is 0 Å². The number of benzene rings is 1. The Hall–Kier alpha value is -1.79. The van der Waals surface area contributed by atoms with E-state index in [1.807, 2.05) is 27.7 Å². The van der Waals surface area contributed by atoms with Crippen LogP contribution in [-0.4, -0.2) is 40.0 Å². The molecule has 1 aliphatic carbocycles. The molecule has 0 bridgehead atoms. The summed E-state index contributed by atoms with van der Waals surface area (Å²) in [6, 6.07) is 5.87. The van der Waals surface area contributed by atoms with E-state index in [1.54, 1.807) is 0 Å². The van der Waals surface area contributed by atoms with E-state index < -0.39 is 0 Å². The van der Waals surface area contributed by atoms with Crippen LogP contribution in [-0.2, 0) is 0 Å². The molecule has 0 radical (unpaired) electrons. The molecule has 0 spiro atoms. The zero-order valence-corrected chi connectivity index (χ0v) is 16.0. The van der Waals surface area contributed by atoms with Crippen molar-refractivity contribution in [2.45, 2.75) is 45.1 Å². The van der Waals surface area contributed by atoms with E-state index in [0.717, 1.165) is 36.8 Å². The fourth-order valence-corrected chi connectivity index (χ4v) is 4.34. The van der Waals surface area contributed by atoms with E-state index in [0.29, 0.717) is 18.7 Å². The molecule has 2 aromatic rings. The minimum Gasteiger partial charge on any atom is -0.338 e. The number of aromatic nitrogens is 2. The summed E-state index contributed by atoms with van der Waals surface area (Å²) < 4.78 is 1.87. The second kappa shape index (κ2) is 7.08. The van der Waals surface area contributed by atoms with Gasteiger partial charge in [0.1, 0.15) is 0 Å². The molecule has 1 aliphatic heterocycles. The van der Waals surface area contributed by atoms with Crippen LogP contribution in [0, 0.1) is 5.41 Å². The largest absolute Gasteiger partial charge is 0.338 e. The van der Waals surface area contributed by atoms with Gasteiger partial charge >= 0.3 is 5.69 Å². The van der Waals surface area contributed by atoms with Gasteiger partial charge in [-0.05, 0) is 49.4 Å². The Morgan fingerprint density at radius 1 is 1.35 bits per heavy atom. The first-order valence-corrected chi connectivity index (χ1v) is 9.24. The SMILES string of the molecule is CC1(CN)CCN(C(=O)c2ccc3c(c2)[nH]c(=O)n3C2CCCC2)C1.Cl. The number of carbonyl (C=O) groups is 1. The van der Waals surface area contributed by atoms with Crippen molar-refractivity contribution in [3.05, 3.63) is 34.2 Å². The maximum Gasteiger partial charge on any atom is 0.326 e. The molecule has 6 nitrogen and oxygen atoms in total. The third-order valence-electron chi connectivity index (χ3n) is 5.99. The minimum absolute atomic E-state index is 0. The first-order valence-electron chi connectivity index (χ1n) is 9.24. The molecule has 1 saturated heterocycles. The van der Waals surface area contributed by atoms with Crippen LogP contribution in [0.25, 0.3) is 11.0 Å². The number of hydrogen-bond acceptors (Lipinski definition) is 3. The Bertz CT molecular complexity index is 868. The van der Waals surface area contributed by atoms with Gasteiger partial charge in [-0.3, -0.25) is 9.36 Å². The highest BCUT2D eigenvalue weighted by Crippen LogP contribution is 2.32. The Balaban J connectivity index is 0.00000196. The van der Waals surface area contributed by atoms with Gasteiger partial charge in [0.15, 0.2) is 0 Å². The Kier molecular flexibility index (Phi) is 5.17. The number of nitrogens with one attached hydrogen (secondary N) is 1. The van der Waals surface area contributed by atoms with Crippen molar-refractivity contribution in [2.24, 2.45) is 11.1 Å². The number of aromatic amines is 1. The lowest BCUT2D eigenvalue weighted by Crippen LogP contribution is -2.34. The van der Waals surface area contributed by atoms with Crippen molar-refractivity contribution in [3.63, 3.8) is 0 Å². The molecule has 2 heterocycles. The van der Waals surface area contributed by atoms with Gasteiger partial charge < -0.3 is 15.6 Å². The number of rotatable bonds is 3. The zero-order valence-electron chi connectivity index (χ0n) is 15.2. The first kappa shape index (κ1) is 19.0. The molecule has 7 heteroatoms. The summed E-state index contributed by atoms with van der Waals surface area (Å²) in [5.41, 5.74) is 8.08. The summed E-state index contributed by atoms with van der Waals surface area (Å²) in [5, 5.41) is 0. The molecule has 4 rings (SSSR count). The molecule has 2 fully saturated rings. The van der Waals surface area contributed by atoms with Crippen LogP contribution in [0.4, 0.5) is 0 Å². The van der Waals surface area contributed by atoms with Crippen LogP contribution in [0.15, 0.2) is 23.0 Å². The fourth-order valence-electron chi connectivity index (χ4n) is 4.34. The monoisotopic (exact) mass is 378 g/mol. The van der Waals surface area contributed by atoms with E-state index in [9.17, 15) is 9.59 Å². The number of imidazole rings is 1. The van der Waals surface area contributed by atoms with Crippen LogP contribution in [0.3, 0.4) is 0 Å². The predicted octanol–water partition coefficient (Wildman–Crippen LogP) is 2.68. The van der Waals surface area contributed by atoms with Crippen LogP contribution in [0.1, 0.15) is 55.4 Å². The lowest BCUT2D eigenvalue weighted by atomic mass is 9.90. The van der Waals surface area contributed by atoms with Crippen molar-refractivity contribution in [2.75, 3.05) is 19.6 Å². The Labute approximate surface area is 159 Å². The highest BCUT2D eigenvalue weighted by Gasteiger charge is 2.35. The number of fused-ring (bicyclic) bond motifs is 1. The standard InChI is InChI=1S/C19H26N4O2.ClH/c1-19(11-20)8-9-22(12-19)17(24)13-6-7-16-15(10-13)21-18(25)23(16)14-4-2-3-5-14;/h6-7,10,14H,2-5,8-9,11-12,20H2,1H3,(H,21,25);1H. The summed E-state index contributed by atoms with van der Waals surface area (Å²) in [5.74, 6) is 0.0218. The van der Waals surface area contributed by atoms with Gasteiger partial charge in [0.05, 0.1) is 11.0 Å². The lowest BCUT2D eigenvalue weighted by molar-refractivity contribution is 0.0777. The number of halogens is 1. The van der Waals surface area contributed by atoms with Gasteiger partial charge in [0.25, 0.3) is 5.91 Å². The maximum absolute atomic E-state index is 12.8. The van der Waals surface area contributed by atoms with Gasteiger partial charge in [-0.2, -0.15) is 0 Å². The molecule has 1 atom stereocenters. The average molecular weight is 379 g/mol. The lowest BCUT2D eigenvalue weighted by Gasteiger charge is -2.22. The van der Waals surface area contributed by atoms with Crippen molar-refractivity contribution >= 4 is 29.3 Å². The van der Waals surface area contributed by atoms with Crippen molar-refractivity contribution in [3.8, 4) is 0 Å². The Morgan fingerprint density at radius 2 is 2.08 bits per heavy atom. The second-order valence-corrected chi connectivity index (χ2v) is 7.96. The van der Waals surface area contributed by atoms with Crippen LogP contribution >= 0.6 is 12.4 Å². The van der Waals surface area contributed by atoms with Gasteiger partial charge in [-0.1, -0.05) is 19.8 Å². The summed E-state index contributed by atoms with van der Waals surface area (Å²) >= 11 is 0. The average Bonchev–Trinajstić information content (AvgIpc) is 3.32. The van der Waals surface area contributed by atoms with Crippen LogP contribution in [0.5, 0.6) is 0 Å². The fraction of sp³-hybridized carbons (Fsp3) is 0.579. The van der Waals surface area contributed by atoms with Crippen molar-refractivity contribution < 1.29 is 4.79 Å². The highest BCUT2D eigenvalue weighted by molar-refractivity contribution is 5.97. The molecule has 3 N–H and O–H groups in total. The van der Waals surface area contributed by atoms with Gasteiger partial charge in [0.2, 0.25) is 0 Å². The topological polar surface area (TPSA) is 84.1 Å². The number of nitrogens with zero attached hydrogens (tertiary/aromatic N) is 2. The van der Waals surface area contributed by atoms with Crippen LogP contribution in [0.2, 0.25) is 0 Å². The molecule has 1 unspecified atom stereocenters. The molecule has 1 amide bonds. The van der Waals surface area contributed by atoms with Crippen LogP contribution < -0.4 is 11.4 Å². The first-order chi connectivity index (χ1) is 12.0. The highest BCUT2D eigenvalue weighted by atomic mass is 35.5. The third-order valence-corrected chi connectivity index (χ3v) is 5.99. The minimum atomic E-state index is -0.0663. The quantitative estimate of drug-likeness (QED) is 0.861. The number of likely N-dealkylation sites (tertiary alicyclic amines) is 1. The molecular formula is C19H27ClN4O2. The van der Waals surface area contributed by atoms with E-state index >= 15 is 0 Å². The zero-order chi connectivity index (χ0) is 17.6. The maximum atomic E-state index is 12.8. The van der Waals surface area contributed by atoms with E-state index in [1.165, 1.54) is 12.8 Å². The van der Waals surface area contributed by atoms with E-state index in [2.05, 4.69) is 11.9 Å². The molecule has 1 aromatic carbocycles. The van der Waals surface area contributed by atoms with Gasteiger partial charge in [0, 0.05) is 24.7 Å². The third kappa shape index (κ3) is 3.16. The van der Waals surface area contributed by atoms with Crippen molar-refractivity contribution in [1.82, 2.24) is 14.5 Å². The smallest absolute Gasteiger partial charge is 0.326 e. The molecule has 1 saturated carbocycles. The predicted molar refractivity (Wildman–Crippen MR) is 105 cm³/mol. The number of amides is 1. The molecule has 26 heavy (non-hydrogen) atoms. The van der Waals surface area contributed by atoms with Gasteiger partial charge in [-0.15, -0.1) is 12.4 Å². The van der Waals surface area contributed by atoms with E-state index in [4.69, 9.17) is 5.73 Å². The number of hydrogen-bond donors (Lipinski definition) is 2. The number of carbonyl (C=O) groups excluding carboxylic acids is 1. The number of nitrogens with two attached hydrogens (primary N) is 1. The molecular weight excluding hydrogens is 352 g/mol. The summed E-state index contributed by atoms with van der Waals surface area (Å²) in [6.07, 6.45) is 5.40. The Morgan fingerprint density at radius 3 is 2.73 bits per heavy atom. The second-order valence-electron chi connectivity index (χ2n) is 7.96. The summed E-state index contributed by atoms with van der Waals surface area (Å²) in [7, 11) is 0. The number of H-pyrrole nitrogens is 1. The van der Waals surface area contributed by atoms with E-state index in [-0.39, 0.29) is 35.5 Å². The molecule has 2 aliphatic rings.